The molecule has 0 aromatic heterocycles. The molecular weight excluding hydrogens is 650 g/mol. The number of amides is 4. The highest BCUT2D eigenvalue weighted by atomic mass is 19.4. The molecule has 0 aliphatic heterocycles. The summed E-state index contributed by atoms with van der Waals surface area (Å²) in [5, 5.41) is 3.65. The van der Waals surface area contributed by atoms with Gasteiger partial charge in [-0.25, -0.2) is 9.59 Å². The maximum absolute atomic E-state index is 12.8. The van der Waals surface area contributed by atoms with Crippen molar-refractivity contribution < 1.29 is 55.0 Å². The maximum Gasteiger partial charge on any atom is 0.471 e. The Morgan fingerprint density at radius 2 is 0.792 bits per heavy atom. The van der Waals surface area contributed by atoms with Crippen LogP contribution in [0.15, 0.2) is 0 Å². The number of nitrogens with zero attached hydrogens (tertiary/aromatic N) is 2. The Labute approximate surface area is 281 Å². The van der Waals surface area contributed by atoms with E-state index in [0.29, 0.717) is 77.5 Å². The molecule has 2 N–H and O–H groups in total. The average molecular weight is 707 g/mol. The largest absolute Gasteiger partial charge is 0.471 e. The Morgan fingerprint density at radius 1 is 0.479 bits per heavy atom. The van der Waals surface area contributed by atoms with E-state index in [-0.39, 0.29) is 26.3 Å². The summed E-state index contributed by atoms with van der Waals surface area (Å²) in [4.78, 5) is 50.6. The number of unbranched alkanes of at least 4 members (excludes halogenated alkanes) is 11. The third-order valence-electron chi connectivity index (χ3n) is 7.36. The van der Waals surface area contributed by atoms with Gasteiger partial charge in [0.2, 0.25) is 0 Å². The fraction of sp³-hybridized carbons (Fsp3) is 0.875. The van der Waals surface area contributed by atoms with E-state index >= 15 is 0 Å². The van der Waals surface area contributed by atoms with Crippen LogP contribution in [0.1, 0.15) is 117 Å². The van der Waals surface area contributed by atoms with Crippen LogP contribution in [0.2, 0.25) is 0 Å². The zero-order valence-electron chi connectivity index (χ0n) is 28.6. The maximum atomic E-state index is 12.8. The summed E-state index contributed by atoms with van der Waals surface area (Å²) >= 11 is 0. The van der Waals surface area contributed by atoms with Crippen LogP contribution in [-0.2, 0) is 19.1 Å². The number of hydrogen-bond donors (Lipinski definition) is 2. The van der Waals surface area contributed by atoms with Gasteiger partial charge in [-0.2, -0.15) is 26.3 Å². The smallest absolute Gasteiger partial charge is 0.449 e. The number of halogens is 6. The van der Waals surface area contributed by atoms with E-state index < -0.39 is 36.4 Å². The number of alkyl halides is 6. The Kier molecular flexibility index (Phi) is 25.3. The van der Waals surface area contributed by atoms with Crippen molar-refractivity contribution in [1.29, 1.82) is 0 Å². The zero-order chi connectivity index (χ0) is 36.3. The molecule has 0 aromatic rings. The first-order chi connectivity index (χ1) is 22.7. The molecule has 0 fully saturated rings. The van der Waals surface area contributed by atoms with Crippen molar-refractivity contribution in [3.63, 3.8) is 0 Å². The summed E-state index contributed by atoms with van der Waals surface area (Å²) in [5.74, 6) is -3.97. The highest BCUT2D eigenvalue weighted by molar-refractivity contribution is 5.81. The molecule has 282 valence electrons. The van der Waals surface area contributed by atoms with Crippen LogP contribution in [0.4, 0.5) is 35.9 Å². The zero-order valence-corrected chi connectivity index (χ0v) is 28.6. The Hall–Kier alpha value is -2.94. The lowest BCUT2D eigenvalue weighted by Crippen LogP contribution is -2.37. The van der Waals surface area contributed by atoms with Gasteiger partial charge in [-0.3, -0.25) is 9.59 Å². The molecule has 0 aromatic carbocycles. The van der Waals surface area contributed by atoms with E-state index in [1.54, 1.807) is 9.80 Å². The fourth-order valence-corrected chi connectivity index (χ4v) is 4.57. The molecule has 48 heavy (non-hydrogen) atoms. The Bertz CT molecular complexity index is 822. The number of ether oxygens (including phenoxy) is 2. The Balaban J connectivity index is 4.93. The average Bonchev–Trinajstić information content (AvgIpc) is 3.02. The van der Waals surface area contributed by atoms with Crippen LogP contribution >= 0.6 is 0 Å². The lowest BCUT2D eigenvalue weighted by Gasteiger charge is -2.24. The van der Waals surface area contributed by atoms with Crippen LogP contribution < -0.4 is 10.6 Å². The summed E-state index contributed by atoms with van der Waals surface area (Å²) in [6.07, 6.45) is 0.228. The lowest BCUT2D eigenvalue weighted by molar-refractivity contribution is -0.173. The molecule has 4 amide bonds. The number of nitrogens with one attached hydrogen (secondary N) is 2. The quantitative estimate of drug-likeness (QED) is 0.0675. The standard InChI is InChI=1S/C32H56F6N4O6/c1-3-5-7-17-25-47-29(45)41(21-13-9-11-19-39-27(43)31(33,34)35)23-15-16-24-42(30(46)48-26-18-8-6-4-2)22-14-10-12-20-40-28(44)32(36,37)38/h3-26H2,1-2H3,(H,39,43)(H,40,44). The van der Waals surface area contributed by atoms with Crippen molar-refractivity contribution in [2.75, 3.05) is 52.5 Å². The minimum Gasteiger partial charge on any atom is -0.449 e. The topological polar surface area (TPSA) is 117 Å². The van der Waals surface area contributed by atoms with Crippen LogP contribution in [0, 0.1) is 0 Å². The molecule has 0 rings (SSSR count). The normalized spacial score (nSPS) is 11.6. The van der Waals surface area contributed by atoms with Gasteiger partial charge in [0.15, 0.2) is 0 Å². The van der Waals surface area contributed by atoms with Crippen molar-refractivity contribution in [1.82, 2.24) is 20.4 Å². The molecule has 0 aliphatic carbocycles. The van der Waals surface area contributed by atoms with Crippen molar-refractivity contribution in [2.24, 2.45) is 0 Å². The van der Waals surface area contributed by atoms with Crippen molar-refractivity contribution >= 4 is 24.0 Å². The number of carbonyl (C=O) groups excluding carboxylic acids is 4. The predicted molar refractivity (Wildman–Crippen MR) is 169 cm³/mol. The van der Waals surface area contributed by atoms with Gasteiger partial charge in [-0.15, -0.1) is 0 Å². The van der Waals surface area contributed by atoms with Crippen molar-refractivity contribution in [3.8, 4) is 0 Å². The molecule has 0 aliphatic rings. The molecule has 10 nitrogen and oxygen atoms in total. The van der Waals surface area contributed by atoms with Crippen LogP contribution in [0.25, 0.3) is 0 Å². The van der Waals surface area contributed by atoms with E-state index in [1.807, 2.05) is 10.6 Å². The SMILES string of the molecule is CCCCCCOC(=O)N(CCCCCNC(=O)C(F)(F)F)CCCCN(CCCCCNC(=O)C(F)(F)F)C(=O)OCCCCCC. The second kappa shape index (κ2) is 26.9. The third-order valence-corrected chi connectivity index (χ3v) is 7.36. The van der Waals surface area contributed by atoms with E-state index in [0.717, 1.165) is 51.4 Å². The number of hydrogen-bond acceptors (Lipinski definition) is 6. The number of carbonyl (C=O) groups is 4. The molecule has 16 heteroatoms. The van der Waals surface area contributed by atoms with Gasteiger partial charge in [0.25, 0.3) is 0 Å². The molecule has 0 unspecified atom stereocenters. The second-order valence-corrected chi connectivity index (χ2v) is 11.7. The fourth-order valence-electron chi connectivity index (χ4n) is 4.57. The van der Waals surface area contributed by atoms with Gasteiger partial charge in [0.1, 0.15) is 0 Å². The van der Waals surface area contributed by atoms with E-state index in [4.69, 9.17) is 9.47 Å². The third kappa shape index (κ3) is 24.2. The minimum absolute atomic E-state index is 0.132. The van der Waals surface area contributed by atoms with Crippen LogP contribution in [0.3, 0.4) is 0 Å². The van der Waals surface area contributed by atoms with Crippen LogP contribution in [0.5, 0.6) is 0 Å². The van der Waals surface area contributed by atoms with Gasteiger partial charge >= 0.3 is 36.4 Å². The highest BCUT2D eigenvalue weighted by Gasteiger charge is 2.38. The molecule has 0 spiro atoms. The van der Waals surface area contributed by atoms with Crippen LogP contribution in [-0.4, -0.2) is 98.6 Å². The summed E-state index contributed by atoms with van der Waals surface area (Å²) in [7, 11) is 0. The molecule has 0 bridgehead atoms. The summed E-state index contributed by atoms with van der Waals surface area (Å²) in [6, 6.07) is 0. The number of rotatable bonds is 27. The highest BCUT2D eigenvalue weighted by Crippen LogP contribution is 2.15. The first kappa shape index (κ1) is 45.1. The first-order valence-corrected chi connectivity index (χ1v) is 17.3. The minimum atomic E-state index is -4.93. The van der Waals surface area contributed by atoms with Gasteiger partial charge in [0.05, 0.1) is 13.2 Å². The summed E-state index contributed by atoms with van der Waals surface area (Å²) < 4.78 is 85.0. The Morgan fingerprint density at radius 3 is 1.10 bits per heavy atom. The molecule has 0 saturated heterocycles. The molecule has 0 radical (unpaired) electrons. The molecule has 0 atom stereocenters. The van der Waals surface area contributed by atoms with E-state index in [9.17, 15) is 45.5 Å². The molecule has 0 heterocycles. The molecular formula is C32H56F6N4O6. The lowest BCUT2D eigenvalue weighted by atomic mass is 10.2. The predicted octanol–water partition coefficient (Wildman–Crippen LogP) is 7.50. The van der Waals surface area contributed by atoms with E-state index in [1.165, 1.54) is 0 Å². The van der Waals surface area contributed by atoms with Gasteiger partial charge in [-0.05, 0) is 64.2 Å². The van der Waals surface area contributed by atoms with Gasteiger partial charge in [0, 0.05) is 39.3 Å². The van der Waals surface area contributed by atoms with E-state index in [2.05, 4.69) is 13.8 Å². The van der Waals surface area contributed by atoms with Crippen molar-refractivity contribution in [2.45, 2.75) is 129 Å². The monoisotopic (exact) mass is 706 g/mol. The molecule has 0 saturated carbocycles. The second-order valence-electron chi connectivity index (χ2n) is 11.7. The summed E-state index contributed by atoms with van der Waals surface area (Å²) in [6.45, 7) is 5.72. The van der Waals surface area contributed by atoms with Crippen molar-refractivity contribution in [3.05, 3.63) is 0 Å². The van der Waals surface area contributed by atoms with Gasteiger partial charge in [-0.1, -0.05) is 52.4 Å². The summed E-state index contributed by atoms with van der Waals surface area (Å²) in [5.41, 5.74) is 0. The van der Waals surface area contributed by atoms with Gasteiger partial charge < -0.3 is 29.9 Å². The first-order valence-electron chi connectivity index (χ1n) is 17.3.